The second-order valence-electron chi connectivity index (χ2n) is 6.57. The molecule has 1 atom stereocenters. The second-order valence-corrected chi connectivity index (χ2v) is 7.66. The van der Waals surface area contributed by atoms with Gasteiger partial charge < -0.3 is 0 Å². The topological polar surface area (TPSA) is 81.4 Å². The van der Waals surface area contributed by atoms with Gasteiger partial charge in [-0.05, 0) is 36.6 Å². The Balaban J connectivity index is 2.10. The number of hydrogen-bond acceptors (Lipinski definition) is 4. The zero-order valence-corrected chi connectivity index (χ0v) is 17.5. The first-order chi connectivity index (χ1) is 13.3. The molecule has 0 saturated carbocycles. The maximum Gasteiger partial charge on any atom is 0.695 e. The molecule has 1 unspecified atom stereocenters. The summed E-state index contributed by atoms with van der Waals surface area (Å²) in [6.07, 6.45) is 1.10. The van der Waals surface area contributed by atoms with Crippen LogP contribution in [0.4, 0.5) is 0 Å². The van der Waals surface area contributed by atoms with Crippen LogP contribution in [0.15, 0.2) is 47.3 Å². The van der Waals surface area contributed by atoms with Crippen LogP contribution in [0, 0.1) is 0 Å². The maximum absolute atomic E-state index is 12.7. The molecule has 0 saturated heterocycles. The van der Waals surface area contributed by atoms with Crippen molar-refractivity contribution >= 4 is 30.8 Å². The molecule has 1 N–H and O–H groups in total. The number of nitrogens with zero attached hydrogens (tertiary/aromatic N) is 2. The first kappa shape index (κ1) is 20.6. The standard InChI is InChI=1S/C20H20ClN2O4P/c1-4-20(5-2,27-28(25)26)14-8-6-13(7-9-14)18-22-17-12-15(21)10-11-16(17)19(24)23(18)3/h6-12H,4-5H2,1-3H3/p+1. The van der Waals surface area contributed by atoms with E-state index in [2.05, 4.69) is 4.98 Å². The summed E-state index contributed by atoms with van der Waals surface area (Å²) >= 11 is 6.05. The normalized spacial score (nSPS) is 12.4. The fraction of sp³-hybridized carbons (Fsp3) is 0.300. The van der Waals surface area contributed by atoms with Gasteiger partial charge >= 0.3 is 8.25 Å². The molecule has 8 heteroatoms. The third-order valence-corrected chi connectivity index (χ3v) is 5.84. The Morgan fingerprint density at radius 2 is 1.82 bits per heavy atom. The van der Waals surface area contributed by atoms with E-state index >= 15 is 0 Å². The molecule has 0 spiro atoms. The zero-order valence-electron chi connectivity index (χ0n) is 15.8. The molecule has 0 radical (unpaired) electrons. The molecule has 3 rings (SSSR count). The van der Waals surface area contributed by atoms with E-state index in [0.717, 1.165) is 11.1 Å². The number of benzene rings is 2. The molecule has 0 aliphatic heterocycles. The van der Waals surface area contributed by atoms with Crippen molar-refractivity contribution in [3.8, 4) is 11.4 Å². The van der Waals surface area contributed by atoms with Crippen molar-refractivity contribution in [2.75, 3.05) is 0 Å². The third-order valence-electron chi connectivity index (χ3n) is 5.10. The summed E-state index contributed by atoms with van der Waals surface area (Å²) in [5, 5.41) is 1.02. The van der Waals surface area contributed by atoms with E-state index in [4.69, 9.17) is 16.1 Å². The molecule has 0 aliphatic carbocycles. The quantitative estimate of drug-likeness (QED) is 0.572. The lowest BCUT2D eigenvalue weighted by Gasteiger charge is -2.25. The molecule has 0 bridgehead atoms. The van der Waals surface area contributed by atoms with Gasteiger partial charge in [0.15, 0.2) is 5.60 Å². The summed E-state index contributed by atoms with van der Waals surface area (Å²) in [5.74, 6) is 0.513. The molecule has 0 amide bonds. The summed E-state index contributed by atoms with van der Waals surface area (Å²) in [6.45, 7) is 3.82. The van der Waals surface area contributed by atoms with Crippen molar-refractivity contribution < 1.29 is 14.0 Å². The van der Waals surface area contributed by atoms with Gasteiger partial charge in [-0.25, -0.2) is 4.98 Å². The fourth-order valence-corrected chi connectivity index (χ4v) is 4.24. The minimum Gasteiger partial charge on any atom is -0.295 e. The molecule has 1 heterocycles. The van der Waals surface area contributed by atoms with Gasteiger partial charge in [0, 0.05) is 22.2 Å². The van der Waals surface area contributed by atoms with Gasteiger partial charge in [-0.3, -0.25) is 9.36 Å². The SMILES string of the molecule is CCC(CC)(O[P+](=O)O)c1ccc(-c2nc3cc(Cl)ccc3c(=O)n2C)cc1. The number of halogens is 1. The van der Waals surface area contributed by atoms with Crippen molar-refractivity contribution in [3.05, 3.63) is 63.4 Å². The maximum atomic E-state index is 12.7. The van der Waals surface area contributed by atoms with Gasteiger partial charge in [0.05, 0.1) is 10.9 Å². The van der Waals surface area contributed by atoms with E-state index < -0.39 is 13.9 Å². The lowest BCUT2D eigenvalue weighted by atomic mass is 9.88. The Labute approximate surface area is 168 Å². The van der Waals surface area contributed by atoms with Crippen molar-refractivity contribution in [1.82, 2.24) is 9.55 Å². The molecule has 0 fully saturated rings. The van der Waals surface area contributed by atoms with Crippen molar-refractivity contribution in [3.63, 3.8) is 0 Å². The predicted molar refractivity (Wildman–Crippen MR) is 111 cm³/mol. The number of hydrogen-bond donors (Lipinski definition) is 1. The van der Waals surface area contributed by atoms with Crippen molar-refractivity contribution in [2.24, 2.45) is 7.05 Å². The Morgan fingerprint density at radius 3 is 2.39 bits per heavy atom. The summed E-state index contributed by atoms with van der Waals surface area (Å²) in [4.78, 5) is 26.5. The van der Waals surface area contributed by atoms with E-state index in [1.807, 2.05) is 38.1 Å². The summed E-state index contributed by atoms with van der Waals surface area (Å²) < 4.78 is 18.2. The Hall–Kier alpha value is -2.11. The highest BCUT2D eigenvalue weighted by molar-refractivity contribution is 7.32. The van der Waals surface area contributed by atoms with Gasteiger partial charge in [0.25, 0.3) is 5.56 Å². The van der Waals surface area contributed by atoms with E-state index in [0.29, 0.717) is 34.6 Å². The van der Waals surface area contributed by atoms with Crippen LogP contribution in [-0.4, -0.2) is 14.4 Å². The van der Waals surface area contributed by atoms with E-state index in [1.54, 1.807) is 25.2 Å². The zero-order chi connectivity index (χ0) is 20.5. The van der Waals surface area contributed by atoms with E-state index in [1.165, 1.54) is 4.57 Å². The highest BCUT2D eigenvalue weighted by Gasteiger charge is 2.39. The minimum atomic E-state index is -2.73. The lowest BCUT2D eigenvalue weighted by Crippen LogP contribution is -2.25. The van der Waals surface area contributed by atoms with Crippen LogP contribution in [-0.2, 0) is 21.7 Å². The van der Waals surface area contributed by atoms with Crippen LogP contribution in [0.3, 0.4) is 0 Å². The Morgan fingerprint density at radius 1 is 1.18 bits per heavy atom. The second kappa shape index (κ2) is 8.10. The fourth-order valence-electron chi connectivity index (χ4n) is 3.41. The first-order valence-electron chi connectivity index (χ1n) is 8.93. The average molecular weight is 420 g/mol. The van der Waals surface area contributed by atoms with Crippen LogP contribution in [0.25, 0.3) is 22.3 Å². The largest absolute Gasteiger partial charge is 0.695 e. The minimum absolute atomic E-state index is 0.155. The van der Waals surface area contributed by atoms with Gasteiger partial charge in [-0.1, -0.05) is 49.7 Å². The van der Waals surface area contributed by atoms with Crippen LogP contribution >= 0.6 is 19.9 Å². The van der Waals surface area contributed by atoms with Gasteiger partial charge in [-0.2, -0.15) is 0 Å². The number of aromatic nitrogens is 2. The lowest BCUT2D eigenvalue weighted by molar-refractivity contribution is 0.0536. The monoisotopic (exact) mass is 419 g/mol. The molecule has 28 heavy (non-hydrogen) atoms. The molecule has 146 valence electrons. The third kappa shape index (κ3) is 3.74. The summed E-state index contributed by atoms with van der Waals surface area (Å²) in [6, 6.07) is 12.4. The molecule has 0 aliphatic rings. The van der Waals surface area contributed by atoms with E-state index in [9.17, 15) is 14.3 Å². The predicted octanol–water partition coefficient (Wildman–Crippen LogP) is 4.94. The van der Waals surface area contributed by atoms with Crippen LogP contribution in [0.1, 0.15) is 32.3 Å². The molecule has 6 nitrogen and oxygen atoms in total. The molecule has 3 aromatic rings. The first-order valence-corrected chi connectivity index (χ1v) is 10.4. The van der Waals surface area contributed by atoms with Crippen molar-refractivity contribution in [1.29, 1.82) is 0 Å². The van der Waals surface area contributed by atoms with Crippen LogP contribution < -0.4 is 5.56 Å². The van der Waals surface area contributed by atoms with Gasteiger partial charge in [0.2, 0.25) is 0 Å². The highest BCUT2D eigenvalue weighted by Crippen LogP contribution is 2.40. The van der Waals surface area contributed by atoms with Gasteiger partial charge in [-0.15, -0.1) is 9.42 Å². The van der Waals surface area contributed by atoms with Crippen LogP contribution in [0.5, 0.6) is 0 Å². The average Bonchev–Trinajstić information content (AvgIpc) is 2.69. The van der Waals surface area contributed by atoms with Crippen LogP contribution in [0.2, 0.25) is 5.02 Å². The van der Waals surface area contributed by atoms with E-state index in [-0.39, 0.29) is 5.56 Å². The summed E-state index contributed by atoms with van der Waals surface area (Å²) in [7, 11) is -1.05. The molecule has 1 aromatic heterocycles. The smallest absolute Gasteiger partial charge is 0.295 e. The number of rotatable bonds is 6. The molecular weight excluding hydrogens is 399 g/mol. The summed E-state index contributed by atoms with van der Waals surface area (Å²) in [5.41, 5.74) is 1.09. The Kier molecular flexibility index (Phi) is 5.96. The number of fused-ring (bicyclic) bond motifs is 1. The highest BCUT2D eigenvalue weighted by atomic mass is 35.5. The molecular formula is C20H21ClN2O4P+. The van der Waals surface area contributed by atoms with Gasteiger partial charge in [0.1, 0.15) is 5.82 Å². The van der Waals surface area contributed by atoms with Crippen molar-refractivity contribution in [2.45, 2.75) is 32.3 Å². The Bertz CT molecular complexity index is 1090. The molecule has 2 aromatic carbocycles.